The number of Topliss-reactive ketones (excluding diaryl/α,β-unsaturated/α-hetero) is 1. The van der Waals surface area contributed by atoms with E-state index in [2.05, 4.69) is 0 Å². The zero-order chi connectivity index (χ0) is 29.3. The Bertz CT molecular complexity index is 1120. The van der Waals surface area contributed by atoms with Crippen LogP contribution in [-0.4, -0.2) is 28.8 Å². The molecule has 2 rings (SSSR count). The van der Waals surface area contributed by atoms with Crippen molar-refractivity contribution in [2.24, 2.45) is 0 Å². The summed E-state index contributed by atoms with van der Waals surface area (Å²) in [5.74, 6) is -4.11. The Morgan fingerprint density at radius 2 is 1.23 bits per heavy atom. The predicted octanol–water partition coefficient (Wildman–Crippen LogP) is 7.48. The van der Waals surface area contributed by atoms with E-state index in [9.17, 15) is 24.3 Å². The lowest BCUT2D eigenvalue weighted by atomic mass is 9.97. The molecular weight excluding hydrogens is 512 g/mol. The molecule has 0 heterocycles. The van der Waals surface area contributed by atoms with Gasteiger partial charge in [0.25, 0.3) is 0 Å². The van der Waals surface area contributed by atoms with E-state index in [-0.39, 0.29) is 37.0 Å². The van der Waals surface area contributed by atoms with Gasteiger partial charge < -0.3 is 19.3 Å². The topological polar surface area (TPSA) is 116 Å². The van der Waals surface area contributed by atoms with E-state index in [0.717, 1.165) is 50.2 Å². The molecule has 0 spiro atoms. The number of benzene rings is 2. The van der Waals surface area contributed by atoms with Gasteiger partial charge in [-0.05, 0) is 30.9 Å². The van der Waals surface area contributed by atoms with E-state index in [1.54, 1.807) is 24.3 Å². The van der Waals surface area contributed by atoms with Crippen LogP contribution in [0.15, 0.2) is 36.4 Å². The molecule has 0 unspecified atom stereocenters. The van der Waals surface area contributed by atoms with Crippen molar-refractivity contribution in [3.63, 3.8) is 0 Å². The normalized spacial score (nSPS) is 10.7. The van der Waals surface area contributed by atoms with Gasteiger partial charge in [0.1, 0.15) is 6.61 Å². The van der Waals surface area contributed by atoms with Crippen molar-refractivity contribution >= 4 is 23.7 Å². The number of rotatable bonds is 18. The van der Waals surface area contributed by atoms with Crippen LogP contribution in [0, 0.1) is 0 Å². The standard InChI is InChI=1S/C32H42O8/c1-4-7-11-18-25(33)29-24(32(37)38-22-23-16-14-10-15-17-23)21-26(34)30(39-27(35)19-12-8-5-2)31(29)40-28(36)20-13-9-6-3/h10,14-17,21,34H,4-9,11-13,18-20,22H2,1-3H3. The smallest absolute Gasteiger partial charge is 0.339 e. The van der Waals surface area contributed by atoms with Crippen LogP contribution in [0.3, 0.4) is 0 Å². The van der Waals surface area contributed by atoms with E-state index in [1.807, 2.05) is 26.8 Å². The Hall–Kier alpha value is -3.68. The Balaban J connectivity index is 2.55. The molecule has 0 radical (unpaired) electrons. The molecule has 0 aliphatic rings. The van der Waals surface area contributed by atoms with Crippen LogP contribution in [0.1, 0.15) is 124 Å². The number of aromatic hydroxyl groups is 1. The lowest BCUT2D eigenvalue weighted by Gasteiger charge is -2.18. The first-order chi connectivity index (χ1) is 19.3. The fourth-order valence-corrected chi connectivity index (χ4v) is 4.09. The summed E-state index contributed by atoms with van der Waals surface area (Å²) in [5.41, 5.74) is 0.250. The number of ether oxygens (including phenoxy) is 3. The van der Waals surface area contributed by atoms with E-state index in [0.29, 0.717) is 19.3 Å². The van der Waals surface area contributed by atoms with Crippen LogP contribution in [-0.2, 0) is 20.9 Å². The first-order valence-corrected chi connectivity index (χ1v) is 14.4. The van der Waals surface area contributed by atoms with Crippen LogP contribution >= 0.6 is 0 Å². The van der Waals surface area contributed by atoms with E-state index >= 15 is 0 Å². The highest BCUT2D eigenvalue weighted by Crippen LogP contribution is 2.43. The minimum absolute atomic E-state index is 0.0602. The first-order valence-electron chi connectivity index (χ1n) is 14.4. The van der Waals surface area contributed by atoms with E-state index < -0.39 is 40.9 Å². The number of phenols is 1. The lowest BCUT2D eigenvalue weighted by Crippen LogP contribution is -2.19. The molecule has 0 aliphatic carbocycles. The summed E-state index contributed by atoms with van der Waals surface area (Å²) in [4.78, 5) is 52.2. The van der Waals surface area contributed by atoms with Gasteiger partial charge in [-0.1, -0.05) is 89.6 Å². The molecule has 8 heteroatoms. The molecule has 0 fully saturated rings. The van der Waals surface area contributed by atoms with Gasteiger partial charge in [0.15, 0.2) is 17.3 Å². The van der Waals surface area contributed by atoms with Gasteiger partial charge in [-0.25, -0.2) is 4.79 Å². The van der Waals surface area contributed by atoms with Crippen LogP contribution in [0.5, 0.6) is 17.2 Å². The van der Waals surface area contributed by atoms with Gasteiger partial charge >= 0.3 is 17.9 Å². The molecule has 2 aromatic rings. The van der Waals surface area contributed by atoms with Crippen molar-refractivity contribution in [1.82, 2.24) is 0 Å². The molecule has 8 nitrogen and oxygen atoms in total. The maximum Gasteiger partial charge on any atom is 0.339 e. The first kappa shape index (κ1) is 32.5. The van der Waals surface area contributed by atoms with Gasteiger partial charge in [0, 0.05) is 19.3 Å². The number of hydrogen-bond donors (Lipinski definition) is 1. The second-order valence-electron chi connectivity index (χ2n) is 9.78. The second kappa shape index (κ2) is 17.8. The lowest BCUT2D eigenvalue weighted by molar-refractivity contribution is -0.137. The summed E-state index contributed by atoms with van der Waals surface area (Å²) < 4.78 is 16.5. The van der Waals surface area contributed by atoms with Crippen LogP contribution < -0.4 is 9.47 Å². The third-order valence-electron chi connectivity index (χ3n) is 6.34. The Morgan fingerprint density at radius 3 is 1.77 bits per heavy atom. The number of phenolic OH excluding ortho intramolecular Hbond substituents is 1. The van der Waals surface area contributed by atoms with Crippen molar-refractivity contribution in [2.75, 3.05) is 0 Å². The van der Waals surface area contributed by atoms with Gasteiger partial charge in [0.2, 0.25) is 5.75 Å². The molecule has 40 heavy (non-hydrogen) atoms. The summed E-state index contributed by atoms with van der Waals surface area (Å²) in [6, 6.07) is 10.1. The SMILES string of the molecule is CCCCCC(=O)Oc1c(O)cc(C(=O)OCc2ccccc2)c(C(=O)CCCCC)c1OC(=O)CCCCC. The molecule has 1 N–H and O–H groups in total. The largest absolute Gasteiger partial charge is 0.504 e. The number of hydrogen-bond acceptors (Lipinski definition) is 8. The average Bonchev–Trinajstić information content (AvgIpc) is 2.94. The van der Waals surface area contributed by atoms with E-state index in [4.69, 9.17) is 14.2 Å². The summed E-state index contributed by atoms with van der Waals surface area (Å²) in [7, 11) is 0. The highest BCUT2D eigenvalue weighted by molar-refractivity contribution is 6.10. The van der Waals surface area contributed by atoms with Gasteiger partial charge in [-0.15, -0.1) is 0 Å². The fraction of sp³-hybridized carbons (Fsp3) is 0.500. The molecule has 0 bridgehead atoms. The molecule has 218 valence electrons. The zero-order valence-corrected chi connectivity index (χ0v) is 24.0. The van der Waals surface area contributed by atoms with Crippen LogP contribution in [0.2, 0.25) is 0 Å². The number of ketones is 1. The maximum atomic E-state index is 13.5. The molecule has 0 aromatic heterocycles. The molecule has 0 aliphatic heterocycles. The summed E-state index contributed by atoms with van der Waals surface area (Å²) in [6.07, 6.45) is 6.95. The molecular formula is C32H42O8. The maximum absolute atomic E-state index is 13.5. The van der Waals surface area contributed by atoms with Crippen molar-refractivity contribution < 1.29 is 38.5 Å². The van der Waals surface area contributed by atoms with E-state index in [1.165, 1.54) is 0 Å². The zero-order valence-electron chi connectivity index (χ0n) is 24.0. The third-order valence-corrected chi connectivity index (χ3v) is 6.34. The molecule has 0 saturated carbocycles. The summed E-state index contributed by atoms with van der Waals surface area (Å²) in [5, 5.41) is 10.9. The van der Waals surface area contributed by atoms with Crippen molar-refractivity contribution in [2.45, 2.75) is 104 Å². The van der Waals surface area contributed by atoms with Crippen LogP contribution in [0.25, 0.3) is 0 Å². The number of esters is 3. The number of carbonyl (C=O) groups is 4. The highest BCUT2D eigenvalue weighted by atomic mass is 16.6. The van der Waals surface area contributed by atoms with Gasteiger partial charge in [-0.2, -0.15) is 0 Å². The fourth-order valence-electron chi connectivity index (χ4n) is 4.09. The van der Waals surface area contributed by atoms with Crippen molar-refractivity contribution in [1.29, 1.82) is 0 Å². The quantitative estimate of drug-likeness (QED) is 0.0872. The third kappa shape index (κ3) is 10.5. The summed E-state index contributed by atoms with van der Waals surface area (Å²) in [6.45, 7) is 5.93. The van der Waals surface area contributed by atoms with Gasteiger partial charge in [-0.3, -0.25) is 14.4 Å². The Labute approximate surface area is 237 Å². The monoisotopic (exact) mass is 554 g/mol. The van der Waals surface area contributed by atoms with Gasteiger partial charge in [0.05, 0.1) is 11.1 Å². The number of carbonyl (C=O) groups excluding carboxylic acids is 4. The molecule has 2 aromatic carbocycles. The number of unbranched alkanes of at least 4 members (excludes halogenated alkanes) is 6. The average molecular weight is 555 g/mol. The summed E-state index contributed by atoms with van der Waals surface area (Å²) >= 11 is 0. The molecule has 0 saturated heterocycles. The van der Waals surface area contributed by atoms with Crippen molar-refractivity contribution in [3.05, 3.63) is 53.1 Å². The molecule has 0 amide bonds. The minimum atomic E-state index is -0.873. The van der Waals surface area contributed by atoms with Crippen molar-refractivity contribution in [3.8, 4) is 17.2 Å². The predicted molar refractivity (Wildman–Crippen MR) is 152 cm³/mol. The second-order valence-corrected chi connectivity index (χ2v) is 9.78. The minimum Gasteiger partial charge on any atom is -0.504 e. The highest BCUT2D eigenvalue weighted by Gasteiger charge is 2.31. The Morgan fingerprint density at radius 1 is 0.700 bits per heavy atom. The Kier molecular flexibility index (Phi) is 14.5. The van der Waals surface area contributed by atoms with Crippen LogP contribution in [0.4, 0.5) is 0 Å². The molecule has 0 atom stereocenters.